The first-order valence-electron chi connectivity index (χ1n) is 9.94. The van der Waals surface area contributed by atoms with Gasteiger partial charge in [-0.15, -0.1) is 0 Å². The molecule has 2 aliphatic rings. The molecule has 25 heavy (non-hydrogen) atoms. The lowest BCUT2D eigenvalue weighted by Gasteiger charge is -2.31. The van der Waals surface area contributed by atoms with E-state index in [-0.39, 0.29) is 0 Å². The Hall–Kier alpha value is -1.23. The van der Waals surface area contributed by atoms with Gasteiger partial charge in [-0.25, -0.2) is 0 Å². The fourth-order valence-electron chi connectivity index (χ4n) is 3.81. The van der Waals surface area contributed by atoms with Gasteiger partial charge in [-0.1, -0.05) is 40.0 Å². The Kier molecular flexibility index (Phi) is 7.17. The van der Waals surface area contributed by atoms with E-state index in [1.807, 2.05) is 0 Å². The van der Waals surface area contributed by atoms with Gasteiger partial charge in [0.25, 0.3) is 0 Å². The quantitative estimate of drug-likeness (QED) is 0.488. The molecule has 144 valence electrons. The van der Waals surface area contributed by atoms with Crippen molar-refractivity contribution in [3.63, 3.8) is 0 Å². The monoisotopic (exact) mass is 354 g/mol. The zero-order chi connectivity index (χ0) is 18.3. The fraction of sp³-hybridized carbons (Fsp3) is 0.850. The van der Waals surface area contributed by atoms with Crippen LogP contribution in [0, 0.1) is 5.41 Å². The lowest BCUT2D eigenvalue weighted by molar-refractivity contribution is -0.148. The summed E-state index contributed by atoms with van der Waals surface area (Å²) in [6.07, 6.45) is 7.63. The topological polar surface area (TPSA) is 65.0 Å². The van der Waals surface area contributed by atoms with Crippen molar-refractivity contribution in [3.05, 3.63) is 11.5 Å². The summed E-state index contributed by atoms with van der Waals surface area (Å²) in [5.74, 6) is 0.392. The van der Waals surface area contributed by atoms with E-state index in [0.29, 0.717) is 50.6 Å². The smallest absolute Gasteiger partial charge is 0.317 e. The zero-order valence-corrected chi connectivity index (χ0v) is 16.1. The van der Waals surface area contributed by atoms with E-state index < -0.39 is 17.0 Å². The Bertz CT molecular complexity index is 486. The third-order valence-electron chi connectivity index (χ3n) is 5.37. The fourth-order valence-corrected chi connectivity index (χ4v) is 3.81. The number of unbranched alkanes of at least 4 members (excludes halogenated alkanes) is 3. The Morgan fingerprint density at radius 2 is 1.48 bits per heavy atom. The molecule has 2 unspecified atom stereocenters. The summed E-state index contributed by atoms with van der Waals surface area (Å²) in [7, 11) is 0. The first-order chi connectivity index (χ1) is 12.1. The molecule has 0 radical (unpaired) electrons. The molecule has 2 bridgehead atoms. The molecule has 0 aromatic rings. The van der Waals surface area contributed by atoms with E-state index >= 15 is 0 Å². The maximum absolute atomic E-state index is 12.1. The maximum Gasteiger partial charge on any atom is 0.317 e. The number of carboxylic acid groups (broad SMARTS) is 1. The van der Waals surface area contributed by atoms with Crippen LogP contribution in [0.3, 0.4) is 0 Å². The van der Waals surface area contributed by atoms with Gasteiger partial charge in [-0.05, 0) is 32.1 Å². The second-order valence-electron chi connectivity index (χ2n) is 7.32. The number of aliphatic carboxylic acids is 1. The van der Waals surface area contributed by atoms with Gasteiger partial charge in [-0.2, -0.15) is 0 Å². The van der Waals surface area contributed by atoms with Crippen LogP contribution in [0.1, 0.15) is 78.6 Å². The molecular formula is C20H34O5. The van der Waals surface area contributed by atoms with E-state index in [4.69, 9.17) is 14.2 Å². The highest BCUT2D eigenvalue weighted by atomic mass is 16.6. The predicted molar refractivity (Wildman–Crippen MR) is 96.3 cm³/mol. The Morgan fingerprint density at radius 1 is 0.920 bits per heavy atom. The third-order valence-corrected chi connectivity index (χ3v) is 5.37. The van der Waals surface area contributed by atoms with E-state index in [1.54, 1.807) is 0 Å². The van der Waals surface area contributed by atoms with Gasteiger partial charge in [0.2, 0.25) is 0 Å². The minimum Gasteiger partial charge on any atom is -0.493 e. The number of rotatable bonds is 13. The van der Waals surface area contributed by atoms with Crippen molar-refractivity contribution in [2.75, 3.05) is 19.8 Å². The number of carboxylic acids is 1. The highest BCUT2D eigenvalue weighted by Crippen LogP contribution is 2.62. The summed E-state index contributed by atoms with van der Waals surface area (Å²) in [6, 6.07) is 0. The van der Waals surface area contributed by atoms with Crippen LogP contribution in [-0.2, 0) is 19.0 Å². The first-order valence-corrected chi connectivity index (χ1v) is 9.94. The first kappa shape index (κ1) is 20.1. The van der Waals surface area contributed by atoms with Crippen LogP contribution in [0.5, 0.6) is 0 Å². The molecule has 0 aromatic carbocycles. The van der Waals surface area contributed by atoms with Gasteiger partial charge in [-0.3, -0.25) is 4.79 Å². The molecule has 1 fully saturated rings. The highest BCUT2D eigenvalue weighted by Gasteiger charge is 2.67. The van der Waals surface area contributed by atoms with Crippen molar-refractivity contribution in [1.29, 1.82) is 0 Å². The molecule has 5 heteroatoms. The molecule has 0 amide bonds. The van der Waals surface area contributed by atoms with Crippen LogP contribution in [0.4, 0.5) is 0 Å². The molecule has 5 nitrogen and oxygen atoms in total. The molecule has 2 rings (SSSR count). The minimum absolute atomic E-state index is 0.446. The number of hydrogen-bond donors (Lipinski definition) is 1. The van der Waals surface area contributed by atoms with E-state index in [2.05, 4.69) is 20.8 Å². The molecule has 0 aliphatic heterocycles. The van der Waals surface area contributed by atoms with Gasteiger partial charge in [0, 0.05) is 13.0 Å². The second-order valence-corrected chi connectivity index (χ2v) is 7.32. The average Bonchev–Trinajstić information content (AvgIpc) is 3.10. The van der Waals surface area contributed by atoms with Crippen LogP contribution in [0.25, 0.3) is 0 Å². The number of hydrogen-bond acceptors (Lipinski definition) is 4. The van der Waals surface area contributed by atoms with Gasteiger partial charge in [0.1, 0.15) is 11.0 Å². The highest BCUT2D eigenvalue weighted by molar-refractivity contribution is 5.81. The van der Waals surface area contributed by atoms with Crippen LogP contribution in [-0.4, -0.2) is 36.5 Å². The van der Waals surface area contributed by atoms with Gasteiger partial charge in [0.05, 0.1) is 13.2 Å². The van der Waals surface area contributed by atoms with Crippen molar-refractivity contribution >= 4 is 5.97 Å². The minimum atomic E-state index is -0.971. The molecule has 1 N–H and O–H groups in total. The van der Waals surface area contributed by atoms with Crippen LogP contribution >= 0.6 is 0 Å². The van der Waals surface area contributed by atoms with Gasteiger partial charge >= 0.3 is 5.97 Å². The molecule has 2 aliphatic carbocycles. The lowest BCUT2D eigenvalue weighted by Crippen LogP contribution is -2.33. The summed E-state index contributed by atoms with van der Waals surface area (Å²) in [4.78, 5) is 12.1. The summed E-state index contributed by atoms with van der Waals surface area (Å²) < 4.78 is 18.4. The van der Waals surface area contributed by atoms with Crippen molar-refractivity contribution in [2.24, 2.45) is 5.41 Å². The molecule has 0 aromatic heterocycles. The molecule has 1 saturated carbocycles. The van der Waals surface area contributed by atoms with Crippen molar-refractivity contribution in [3.8, 4) is 0 Å². The van der Waals surface area contributed by atoms with Crippen LogP contribution < -0.4 is 0 Å². The molecule has 0 heterocycles. The molecular weight excluding hydrogens is 320 g/mol. The van der Waals surface area contributed by atoms with Crippen molar-refractivity contribution in [2.45, 2.75) is 84.2 Å². The van der Waals surface area contributed by atoms with E-state index in [9.17, 15) is 9.90 Å². The molecule has 2 atom stereocenters. The van der Waals surface area contributed by atoms with Crippen LogP contribution in [0.2, 0.25) is 0 Å². The predicted octanol–water partition coefficient (Wildman–Crippen LogP) is 4.66. The number of ether oxygens (including phenoxy) is 3. The van der Waals surface area contributed by atoms with Crippen LogP contribution in [0.15, 0.2) is 11.5 Å². The summed E-state index contributed by atoms with van der Waals surface area (Å²) in [5.41, 5.74) is -1.58. The third kappa shape index (κ3) is 3.97. The lowest BCUT2D eigenvalue weighted by atomic mass is 9.85. The van der Waals surface area contributed by atoms with Crippen molar-refractivity contribution < 1.29 is 24.1 Å². The molecule has 0 saturated heterocycles. The normalized spacial score (nSPS) is 27.8. The van der Waals surface area contributed by atoms with E-state index in [1.165, 1.54) is 0 Å². The Balaban J connectivity index is 2.29. The zero-order valence-electron chi connectivity index (χ0n) is 16.1. The second kappa shape index (κ2) is 8.93. The summed E-state index contributed by atoms with van der Waals surface area (Å²) in [6.45, 7) is 8.09. The van der Waals surface area contributed by atoms with E-state index in [0.717, 1.165) is 38.5 Å². The standard InChI is InChI=1S/C20H34O5/c1-4-7-12-23-16-17(24-13-8-5-2)20(25-14-9-6-3)11-10-19(16,15-20)18(21)22/h4-15H2,1-3H3,(H,21,22). The summed E-state index contributed by atoms with van der Waals surface area (Å²) >= 11 is 0. The van der Waals surface area contributed by atoms with Crippen molar-refractivity contribution in [1.82, 2.24) is 0 Å². The maximum atomic E-state index is 12.1. The Labute approximate surface area is 151 Å². The summed E-state index contributed by atoms with van der Waals surface area (Å²) in [5, 5.41) is 9.97. The Morgan fingerprint density at radius 3 is 2.04 bits per heavy atom. The number of fused-ring (bicyclic) bond motifs is 2. The average molecular weight is 354 g/mol. The van der Waals surface area contributed by atoms with Gasteiger partial charge in [0.15, 0.2) is 11.5 Å². The SMILES string of the molecule is CCCCOC1=C(OCCCC)C2(C(=O)O)CCC1(OCCCC)C2. The van der Waals surface area contributed by atoms with Gasteiger partial charge < -0.3 is 19.3 Å². The number of carbonyl (C=O) groups is 1. The largest absolute Gasteiger partial charge is 0.493 e. The molecule has 0 spiro atoms.